The van der Waals surface area contributed by atoms with Crippen molar-refractivity contribution in [3.63, 3.8) is 0 Å². The number of urea groups is 1. The fourth-order valence-corrected chi connectivity index (χ4v) is 6.53. The van der Waals surface area contributed by atoms with Gasteiger partial charge in [0.15, 0.2) is 5.78 Å². The van der Waals surface area contributed by atoms with Crippen molar-refractivity contribution in [1.29, 1.82) is 0 Å². The van der Waals surface area contributed by atoms with Crippen LogP contribution in [0.3, 0.4) is 0 Å². The number of Topliss-reactive ketones (excluding diaryl/α,β-unsaturated/α-hetero) is 1. The lowest BCUT2D eigenvalue weighted by molar-refractivity contribution is -0.116. The summed E-state index contributed by atoms with van der Waals surface area (Å²) < 4.78 is 5.39. The number of thiophene rings is 1. The van der Waals surface area contributed by atoms with Gasteiger partial charge in [0.05, 0.1) is 34.6 Å². The Morgan fingerprint density at radius 2 is 1.80 bits per heavy atom. The van der Waals surface area contributed by atoms with Crippen LogP contribution in [0.25, 0.3) is 0 Å². The topological polar surface area (TPSA) is 70.7 Å². The van der Waals surface area contributed by atoms with Gasteiger partial charge in [-0.25, -0.2) is 4.79 Å². The number of ketones is 1. The fourth-order valence-electron chi connectivity index (χ4n) is 5.40. The third kappa shape index (κ3) is 4.96. The maximum Gasteiger partial charge on any atom is 0.327 e. The van der Waals surface area contributed by atoms with Gasteiger partial charge in [-0.1, -0.05) is 53.5 Å². The van der Waals surface area contributed by atoms with E-state index >= 15 is 0 Å². The summed E-state index contributed by atoms with van der Waals surface area (Å²) in [5, 5.41) is 9.28. The second-order valence-corrected chi connectivity index (χ2v) is 11.5. The SMILES string of the molecule is COc1ccc([C@@H]2C3=C(C[C@@H](c4cccs4)CC3=O)Nc3ccccc3N2C(=O)Nc2ccc(Cl)c(Cl)c2)cc1. The van der Waals surface area contributed by atoms with Crippen LogP contribution in [0.1, 0.15) is 35.2 Å². The molecule has 1 aliphatic heterocycles. The molecule has 2 atom stereocenters. The van der Waals surface area contributed by atoms with E-state index in [1.165, 1.54) is 4.88 Å². The van der Waals surface area contributed by atoms with E-state index in [2.05, 4.69) is 16.7 Å². The number of para-hydroxylation sites is 2. The van der Waals surface area contributed by atoms with Gasteiger partial charge in [0.2, 0.25) is 0 Å². The van der Waals surface area contributed by atoms with E-state index in [9.17, 15) is 9.59 Å². The molecule has 0 unspecified atom stereocenters. The first-order valence-electron chi connectivity index (χ1n) is 12.8. The summed E-state index contributed by atoms with van der Waals surface area (Å²) in [6.07, 6.45) is 1.02. The van der Waals surface area contributed by atoms with Gasteiger partial charge in [-0.05, 0) is 65.9 Å². The molecular weight excluding hydrogens is 565 g/mol. The van der Waals surface area contributed by atoms with Gasteiger partial charge in [0.1, 0.15) is 5.75 Å². The molecule has 0 spiro atoms. The number of benzene rings is 3. The molecule has 1 aliphatic carbocycles. The normalized spacial score (nSPS) is 18.4. The number of amides is 2. The van der Waals surface area contributed by atoms with Crippen LogP contribution in [0, 0.1) is 0 Å². The highest BCUT2D eigenvalue weighted by Gasteiger charge is 2.42. The van der Waals surface area contributed by atoms with Crippen molar-refractivity contribution in [3.8, 4) is 5.75 Å². The zero-order chi connectivity index (χ0) is 27.8. The van der Waals surface area contributed by atoms with Gasteiger partial charge >= 0.3 is 6.03 Å². The van der Waals surface area contributed by atoms with Crippen LogP contribution in [-0.4, -0.2) is 18.9 Å². The van der Waals surface area contributed by atoms with E-state index in [0.717, 1.165) is 16.9 Å². The number of hydrogen-bond acceptors (Lipinski definition) is 5. The van der Waals surface area contributed by atoms with Gasteiger partial charge in [-0.15, -0.1) is 11.3 Å². The van der Waals surface area contributed by atoms with Crippen LogP contribution < -0.4 is 20.3 Å². The van der Waals surface area contributed by atoms with Crippen LogP contribution >= 0.6 is 34.5 Å². The quantitative estimate of drug-likeness (QED) is 0.250. The number of ether oxygens (including phenoxy) is 1. The van der Waals surface area contributed by atoms with Crippen molar-refractivity contribution in [1.82, 2.24) is 0 Å². The first-order valence-corrected chi connectivity index (χ1v) is 14.4. The van der Waals surface area contributed by atoms with E-state index in [0.29, 0.717) is 45.6 Å². The Labute approximate surface area is 246 Å². The lowest BCUT2D eigenvalue weighted by Gasteiger charge is -2.35. The Hall–Kier alpha value is -3.78. The van der Waals surface area contributed by atoms with Gasteiger partial charge < -0.3 is 15.4 Å². The number of halogens is 2. The summed E-state index contributed by atoms with van der Waals surface area (Å²) >= 11 is 14.0. The molecule has 40 heavy (non-hydrogen) atoms. The highest BCUT2D eigenvalue weighted by atomic mass is 35.5. The molecule has 2 amide bonds. The number of carbonyl (C=O) groups excluding carboxylic acids is 2. The third-order valence-electron chi connectivity index (χ3n) is 7.26. The molecule has 0 saturated heterocycles. The van der Waals surface area contributed by atoms with Crippen LogP contribution in [0.4, 0.5) is 21.9 Å². The number of carbonyl (C=O) groups is 2. The molecule has 4 aromatic rings. The first-order chi connectivity index (χ1) is 19.4. The Morgan fingerprint density at radius 1 is 1.00 bits per heavy atom. The predicted octanol–water partition coefficient (Wildman–Crippen LogP) is 8.67. The molecule has 2 aliphatic rings. The monoisotopic (exact) mass is 589 g/mol. The van der Waals surface area contributed by atoms with Gasteiger partial charge in [0.25, 0.3) is 0 Å². The summed E-state index contributed by atoms with van der Waals surface area (Å²) in [5.74, 6) is 0.761. The molecule has 3 aromatic carbocycles. The van der Waals surface area contributed by atoms with Crippen LogP contribution in [-0.2, 0) is 4.79 Å². The van der Waals surface area contributed by atoms with Gasteiger partial charge in [-0.3, -0.25) is 9.69 Å². The van der Waals surface area contributed by atoms with Crippen LogP contribution in [0.5, 0.6) is 5.75 Å². The average Bonchev–Trinajstić information content (AvgIpc) is 3.45. The fraction of sp³-hybridized carbons (Fsp3) is 0.161. The molecular formula is C31H25Cl2N3O3S. The smallest absolute Gasteiger partial charge is 0.327 e. The standard InChI is InChI=1S/C31H25Cl2N3O3S/c1-39-21-11-8-18(9-12-21)30-29-25(15-19(16-27(29)37)28-7-4-14-40-28)35-24-5-2-3-6-26(24)36(30)31(38)34-20-10-13-22(32)23(33)17-20/h2-14,17,19,30,35H,15-16H2,1H3,(H,34,38)/t19-,30-/m1/s1. The van der Waals surface area contributed by atoms with Crippen molar-refractivity contribution >= 4 is 63.4 Å². The highest BCUT2D eigenvalue weighted by Crippen LogP contribution is 2.48. The molecule has 0 saturated carbocycles. The van der Waals surface area contributed by atoms with Crippen molar-refractivity contribution in [3.05, 3.63) is 116 Å². The van der Waals surface area contributed by atoms with Crippen molar-refractivity contribution in [2.24, 2.45) is 0 Å². The Kier molecular flexibility index (Phi) is 7.27. The highest BCUT2D eigenvalue weighted by molar-refractivity contribution is 7.10. The number of hydrogen-bond donors (Lipinski definition) is 2. The average molecular weight is 591 g/mol. The Bertz CT molecular complexity index is 1620. The van der Waals surface area contributed by atoms with Crippen LogP contribution in [0.15, 0.2) is 95.5 Å². The third-order valence-corrected chi connectivity index (χ3v) is 9.03. The molecule has 0 fully saturated rings. The van der Waals surface area contributed by atoms with E-state index in [1.807, 2.05) is 60.0 Å². The summed E-state index contributed by atoms with van der Waals surface area (Å²) in [5.41, 5.74) is 4.08. The number of rotatable bonds is 4. The molecule has 2 N–H and O–H groups in total. The second kappa shape index (κ2) is 11.0. The molecule has 2 heterocycles. The lowest BCUT2D eigenvalue weighted by Crippen LogP contribution is -2.41. The van der Waals surface area contributed by atoms with Gasteiger partial charge in [-0.2, -0.15) is 0 Å². The van der Waals surface area contributed by atoms with Crippen molar-refractivity contribution < 1.29 is 14.3 Å². The minimum Gasteiger partial charge on any atom is -0.497 e. The minimum absolute atomic E-state index is 0.00751. The maximum atomic E-state index is 14.2. The predicted molar refractivity (Wildman–Crippen MR) is 162 cm³/mol. The van der Waals surface area contributed by atoms with E-state index in [1.54, 1.807) is 41.5 Å². The molecule has 202 valence electrons. The van der Waals surface area contributed by atoms with Crippen molar-refractivity contribution in [2.45, 2.75) is 24.8 Å². The number of methoxy groups -OCH3 is 1. The molecule has 9 heteroatoms. The molecule has 6 rings (SSSR count). The van der Waals surface area contributed by atoms with Gasteiger partial charge in [0, 0.05) is 34.2 Å². The van der Waals surface area contributed by atoms with Crippen LogP contribution in [0.2, 0.25) is 10.0 Å². The van der Waals surface area contributed by atoms with E-state index in [4.69, 9.17) is 27.9 Å². The Balaban J connectivity index is 1.51. The number of allylic oxidation sites excluding steroid dienone is 1. The summed E-state index contributed by atoms with van der Waals surface area (Å²) in [6.45, 7) is 0. The summed E-state index contributed by atoms with van der Waals surface area (Å²) in [6, 6.07) is 23.0. The number of nitrogens with zero attached hydrogens (tertiary/aromatic N) is 1. The number of anilines is 3. The first kappa shape index (κ1) is 26.4. The number of fused-ring (bicyclic) bond motifs is 1. The summed E-state index contributed by atoms with van der Waals surface area (Å²) in [4.78, 5) is 31.0. The zero-order valence-corrected chi connectivity index (χ0v) is 23.8. The molecule has 6 nitrogen and oxygen atoms in total. The minimum atomic E-state index is -0.684. The largest absolute Gasteiger partial charge is 0.497 e. The maximum absolute atomic E-state index is 14.2. The lowest BCUT2D eigenvalue weighted by atomic mass is 9.80. The molecule has 1 aromatic heterocycles. The molecule has 0 bridgehead atoms. The van der Waals surface area contributed by atoms with Crippen molar-refractivity contribution in [2.75, 3.05) is 22.6 Å². The van der Waals surface area contributed by atoms with E-state index in [-0.39, 0.29) is 11.7 Å². The van der Waals surface area contributed by atoms with E-state index < -0.39 is 12.1 Å². The molecule has 0 radical (unpaired) electrons. The second-order valence-electron chi connectivity index (χ2n) is 9.68. The Morgan fingerprint density at radius 3 is 2.52 bits per heavy atom. The zero-order valence-electron chi connectivity index (χ0n) is 21.5. The number of nitrogens with one attached hydrogen (secondary N) is 2. The summed E-state index contributed by atoms with van der Waals surface area (Å²) in [7, 11) is 1.60.